The molecule has 0 spiro atoms. The molecule has 3 aromatic rings. The highest BCUT2D eigenvalue weighted by Gasteiger charge is 2.04. The first-order valence-corrected chi connectivity index (χ1v) is 6.81. The maximum atomic E-state index is 12.3. The molecule has 0 N–H and O–H groups in total. The highest BCUT2D eigenvalue weighted by Crippen LogP contribution is 2.15. The van der Waals surface area contributed by atoms with Crippen molar-refractivity contribution in [2.24, 2.45) is 0 Å². The maximum Gasteiger partial charge on any atom is 0.261 e. The number of aromatic nitrogens is 2. The second-order valence-corrected chi connectivity index (χ2v) is 5.01. The quantitative estimate of drug-likeness (QED) is 0.740. The van der Waals surface area contributed by atoms with E-state index in [-0.39, 0.29) is 5.56 Å². The van der Waals surface area contributed by atoms with E-state index in [2.05, 4.69) is 4.98 Å². The molecule has 3 rings (SSSR count). The van der Waals surface area contributed by atoms with Gasteiger partial charge in [0.05, 0.1) is 17.2 Å². The predicted molar refractivity (Wildman–Crippen MR) is 81.2 cm³/mol. The molecule has 0 fully saturated rings. The summed E-state index contributed by atoms with van der Waals surface area (Å²) >= 11 is 6.12. The summed E-state index contributed by atoms with van der Waals surface area (Å²) < 4.78 is 1.63. The fraction of sp³-hybridized carbons (Fsp3) is 0.125. The van der Waals surface area contributed by atoms with Gasteiger partial charge in [-0.05, 0) is 30.2 Å². The van der Waals surface area contributed by atoms with E-state index in [4.69, 9.17) is 11.6 Å². The maximum absolute atomic E-state index is 12.3. The zero-order chi connectivity index (χ0) is 13.9. The minimum atomic E-state index is -0.0114. The number of rotatable bonds is 3. The molecule has 0 amide bonds. The van der Waals surface area contributed by atoms with Gasteiger partial charge in [-0.1, -0.05) is 41.9 Å². The third-order valence-electron chi connectivity index (χ3n) is 3.31. The van der Waals surface area contributed by atoms with Gasteiger partial charge in [0.15, 0.2) is 0 Å². The molecule has 4 heteroatoms. The Morgan fingerprint density at radius 3 is 2.65 bits per heavy atom. The third kappa shape index (κ3) is 2.45. The average Bonchev–Trinajstić information content (AvgIpc) is 2.48. The molecule has 3 nitrogen and oxygen atoms in total. The highest BCUT2D eigenvalue weighted by atomic mass is 35.5. The predicted octanol–water partition coefficient (Wildman–Crippen LogP) is 3.29. The van der Waals surface area contributed by atoms with Crippen molar-refractivity contribution in [3.8, 4) is 0 Å². The fourth-order valence-electron chi connectivity index (χ4n) is 2.21. The minimum absolute atomic E-state index is 0.0114. The van der Waals surface area contributed by atoms with E-state index < -0.39 is 0 Å². The van der Waals surface area contributed by atoms with E-state index in [1.165, 1.54) is 0 Å². The number of hydrogen-bond donors (Lipinski definition) is 0. The molecular weight excluding hydrogens is 272 g/mol. The van der Waals surface area contributed by atoms with E-state index in [0.29, 0.717) is 18.4 Å². The Morgan fingerprint density at radius 2 is 1.80 bits per heavy atom. The molecule has 20 heavy (non-hydrogen) atoms. The molecule has 0 radical (unpaired) electrons. The van der Waals surface area contributed by atoms with E-state index in [1.807, 2.05) is 42.5 Å². The molecule has 0 aliphatic rings. The number of para-hydroxylation sites is 1. The molecule has 1 aromatic heterocycles. The van der Waals surface area contributed by atoms with Crippen LogP contribution in [0.15, 0.2) is 59.7 Å². The lowest BCUT2D eigenvalue weighted by Crippen LogP contribution is -2.21. The largest absolute Gasteiger partial charge is 0.298 e. The number of halogens is 1. The van der Waals surface area contributed by atoms with Crippen molar-refractivity contribution < 1.29 is 0 Å². The number of hydrogen-bond acceptors (Lipinski definition) is 2. The number of nitrogens with zero attached hydrogens (tertiary/aromatic N) is 2. The molecular formula is C16H13ClN2O. The first-order chi connectivity index (χ1) is 9.75. The summed E-state index contributed by atoms with van der Waals surface area (Å²) in [4.78, 5) is 16.6. The SMILES string of the molecule is O=c1c2ccccc2ncn1CCc1ccccc1Cl. The molecule has 0 saturated heterocycles. The summed E-state index contributed by atoms with van der Waals surface area (Å²) in [5.74, 6) is 0. The Labute approximate surface area is 121 Å². The van der Waals surface area contributed by atoms with E-state index in [1.54, 1.807) is 17.0 Å². The van der Waals surface area contributed by atoms with E-state index in [0.717, 1.165) is 16.1 Å². The van der Waals surface area contributed by atoms with Crippen LogP contribution < -0.4 is 5.56 Å². The van der Waals surface area contributed by atoms with Crippen LogP contribution in [-0.2, 0) is 13.0 Å². The molecule has 0 aliphatic heterocycles. The Kier molecular flexibility index (Phi) is 3.52. The van der Waals surface area contributed by atoms with Gasteiger partial charge < -0.3 is 0 Å². The second-order valence-electron chi connectivity index (χ2n) is 4.60. The van der Waals surface area contributed by atoms with Crippen LogP contribution in [0.3, 0.4) is 0 Å². The highest BCUT2D eigenvalue weighted by molar-refractivity contribution is 6.31. The number of fused-ring (bicyclic) bond motifs is 1. The number of benzene rings is 2. The van der Waals surface area contributed by atoms with Gasteiger partial charge in [-0.3, -0.25) is 9.36 Å². The summed E-state index contributed by atoms with van der Waals surface area (Å²) in [5.41, 5.74) is 1.75. The minimum Gasteiger partial charge on any atom is -0.298 e. The molecule has 0 unspecified atom stereocenters. The van der Waals surface area contributed by atoms with Crippen molar-refractivity contribution in [1.29, 1.82) is 0 Å². The van der Waals surface area contributed by atoms with Crippen molar-refractivity contribution in [3.63, 3.8) is 0 Å². The average molecular weight is 285 g/mol. The summed E-state index contributed by atoms with van der Waals surface area (Å²) in [6.07, 6.45) is 2.31. The first-order valence-electron chi connectivity index (χ1n) is 6.43. The zero-order valence-electron chi connectivity index (χ0n) is 10.8. The normalized spacial score (nSPS) is 10.8. The van der Waals surface area contributed by atoms with Gasteiger partial charge in [0.25, 0.3) is 5.56 Å². The summed E-state index contributed by atoms with van der Waals surface area (Å²) in [7, 11) is 0. The number of aryl methyl sites for hydroxylation is 2. The van der Waals surface area contributed by atoms with Crippen molar-refractivity contribution >= 4 is 22.5 Å². The third-order valence-corrected chi connectivity index (χ3v) is 3.68. The lowest BCUT2D eigenvalue weighted by molar-refractivity contribution is 0.662. The van der Waals surface area contributed by atoms with Crippen molar-refractivity contribution in [2.45, 2.75) is 13.0 Å². The van der Waals surface area contributed by atoms with Gasteiger partial charge in [0, 0.05) is 11.6 Å². The molecule has 2 aromatic carbocycles. The van der Waals surface area contributed by atoms with Crippen LogP contribution >= 0.6 is 11.6 Å². The van der Waals surface area contributed by atoms with Crippen LogP contribution in [0.1, 0.15) is 5.56 Å². The van der Waals surface area contributed by atoms with Crippen LogP contribution in [-0.4, -0.2) is 9.55 Å². The van der Waals surface area contributed by atoms with Crippen LogP contribution in [0.2, 0.25) is 5.02 Å². The lowest BCUT2D eigenvalue weighted by Gasteiger charge is -2.07. The van der Waals surface area contributed by atoms with Gasteiger partial charge in [0.1, 0.15) is 0 Å². The van der Waals surface area contributed by atoms with Gasteiger partial charge in [0.2, 0.25) is 0 Å². The standard InChI is InChI=1S/C16H13ClN2O/c17-14-7-3-1-5-12(14)9-10-19-11-18-15-8-4-2-6-13(15)16(19)20/h1-8,11H,9-10H2. The molecule has 1 heterocycles. The Balaban J connectivity index is 1.90. The molecule has 0 bridgehead atoms. The van der Waals surface area contributed by atoms with Crippen molar-refractivity contribution in [1.82, 2.24) is 9.55 Å². The summed E-state index contributed by atoms with van der Waals surface area (Å²) in [6.45, 7) is 0.570. The molecule has 100 valence electrons. The van der Waals surface area contributed by atoms with Gasteiger partial charge in [-0.15, -0.1) is 0 Å². The van der Waals surface area contributed by atoms with E-state index in [9.17, 15) is 4.79 Å². The fourth-order valence-corrected chi connectivity index (χ4v) is 2.44. The molecule has 0 saturated carbocycles. The van der Waals surface area contributed by atoms with Crippen LogP contribution in [0.4, 0.5) is 0 Å². The van der Waals surface area contributed by atoms with Crippen molar-refractivity contribution in [2.75, 3.05) is 0 Å². The second kappa shape index (κ2) is 5.47. The first kappa shape index (κ1) is 12.9. The lowest BCUT2D eigenvalue weighted by atomic mass is 10.1. The van der Waals surface area contributed by atoms with E-state index >= 15 is 0 Å². The monoisotopic (exact) mass is 284 g/mol. The smallest absolute Gasteiger partial charge is 0.261 e. The van der Waals surface area contributed by atoms with Crippen molar-refractivity contribution in [3.05, 3.63) is 75.8 Å². The Hall–Kier alpha value is -2.13. The summed E-state index contributed by atoms with van der Waals surface area (Å²) in [6, 6.07) is 15.1. The molecule has 0 atom stereocenters. The van der Waals surface area contributed by atoms with Gasteiger partial charge in [-0.25, -0.2) is 4.98 Å². The zero-order valence-corrected chi connectivity index (χ0v) is 11.5. The topological polar surface area (TPSA) is 34.9 Å². The van der Waals surface area contributed by atoms with Crippen LogP contribution in [0.25, 0.3) is 10.9 Å². The van der Waals surface area contributed by atoms with Crippen LogP contribution in [0.5, 0.6) is 0 Å². The van der Waals surface area contributed by atoms with Crippen LogP contribution in [0, 0.1) is 0 Å². The van der Waals surface area contributed by atoms with Gasteiger partial charge >= 0.3 is 0 Å². The molecule has 0 aliphatic carbocycles. The van der Waals surface area contributed by atoms with Gasteiger partial charge in [-0.2, -0.15) is 0 Å². The Morgan fingerprint density at radius 1 is 1.05 bits per heavy atom. The summed E-state index contributed by atoms with van der Waals surface area (Å²) in [5, 5.41) is 1.38. The Bertz CT molecular complexity index is 811.